The van der Waals surface area contributed by atoms with Gasteiger partial charge in [0.15, 0.2) is 29.3 Å². The van der Waals surface area contributed by atoms with Crippen LogP contribution in [-0.2, 0) is 55.9 Å². The lowest BCUT2D eigenvalue weighted by Crippen LogP contribution is -2.45. The fourth-order valence-corrected chi connectivity index (χ4v) is 8.99. The molecule has 9 atom stereocenters. The van der Waals surface area contributed by atoms with Gasteiger partial charge in [-0.3, -0.25) is 23.4 Å². The van der Waals surface area contributed by atoms with Crippen LogP contribution in [0.5, 0.6) is 0 Å². The van der Waals surface area contributed by atoms with Crippen molar-refractivity contribution in [2.75, 3.05) is 31.3 Å². The predicted octanol–water partition coefficient (Wildman–Crippen LogP) is -0.0664. The van der Waals surface area contributed by atoms with Crippen molar-refractivity contribution in [3.63, 3.8) is 0 Å². The smallest absolute Gasteiger partial charge is 0.325 e. The summed E-state index contributed by atoms with van der Waals surface area (Å²) in [4.78, 5) is 54.3. The van der Waals surface area contributed by atoms with Gasteiger partial charge >= 0.3 is 13.4 Å². The third-order valence-corrected chi connectivity index (χ3v) is 11.1. The fourth-order valence-electron chi connectivity index (χ4n) is 6.05. The number of nitrogens with one attached hydrogen (secondary N) is 1. The maximum atomic E-state index is 12.4. The third-order valence-electron chi connectivity index (χ3n) is 8.02. The van der Waals surface area contributed by atoms with Gasteiger partial charge in [0.05, 0.1) is 44.3 Å². The van der Waals surface area contributed by atoms with Crippen LogP contribution in [0.2, 0.25) is 0 Å². The zero-order valence-corrected chi connectivity index (χ0v) is 26.2. The SMILES string of the molecule is Nc1nc2c(ncn2[C@@H]2O[C@@H]3COP(O)(=S)O[C@H]4[C@H]5OC[C@]4(COP(O)(=S)O[C@H]2C3)O[C@H]5n2cnc3c(N)ccnc32)c(=O)[nH]1. The molecule has 4 aliphatic heterocycles. The molecule has 2 unspecified atom stereocenters. The summed E-state index contributed by atoms with van der Waals surface area (Å²) in [5.74, 6) is -0.135. The molecule has 240 valence electrons. The van der Waals surface area contributed by atoms with Crippen LogP contribution < -0.4 is 17.0 Å². The van der Waals surface area contributed by atoms with Crippen LogP contribution in [-0.4, -0.2) is 93.7 Å². The Morgan fingerprint density at radius 1 is 1.00 bits per heavy atom. The number of ether oxygens (including phenoxy) is 3. The molecule has 45 heavy (non-hydrogen) atoms. The summed E-state index contributed by atoms with van der Waals surface area (Å²) in [6.45, 7) is -8.60. The van der Waals surface area contributed by atoms with Gasteiger partial charge in [0.1, 0.15) is 29.4 Å². The topological polar surface area (TPSA) is 251 Å². The van der Waals surface area contributed by atoms with Crippen LogP contribution in [0.3, 0.4) is 0 Å². The van der Waals surface area contributed by atoms with Gasteiger partial charge in [0.25, 0.3) is 5.56 Å². The molecule has 4 aromatic rings. The van der Waals surface area contributed by atoms with Crippen molar-refractivity contribution in [2.24, 2.45) is 0 Å². The van der Waals surface area contributed by atoms with E-state index < -0.39 is 61.5 Å². The largest absolute Gasteiger partial charge is 0.397 e. The average molecular weight is 702 g/mol. The molecular weight excluding hydrogens is 676 g/mol. The number of rotatable bonds is 2. The Hall–Kier alpha value is -2.49. The summed E-state index contributed by atoms with van der Waals surface area (Å²) in [6, 6.07) is 1.62. The third kappa shape index (κ3) is 5.03. The lowest BCUT2D eigenvalue weighted by molar-refractivity contribution is -0.183. The second kappa shape index (κ2) is 10.5. The summed E-state index contributed by atoms with van der Waals surface area (Å²) >= 11 is 10.8. The second-order valence-corrected chi connectivity index (χ2v) is 16.5. The van der Waals surface area contributed by atoms with Crippen LogP contribution in [0.4, 0.5) is 11.6 Å². The number of H-pyrrole nitrogens is 1. The number of hydrogen-bond donors (Lipinski definition) is 5. The standard InChI is InChI=1S/C22H25N9O10P2S2/c23-10-1-2-25-16-12(10)26-7-30(16)20-14-15-22(39-20,5-35-14)6-37-43(34,45)40-11-3-9(4-36-42(33,44)41-15)38-19(11)31-8-27-13-17(31)28-21(24)29-18(13)32/h1-2,7-9,11,14-15,19-20H,3-6H2,(H2,23,25)(H,33,44)(H,34,45)(H3,24,28,29,32)/t9-,11-,14+,15-,19+,20+,22+,42?,43?/m0/s1. The first kappa shape index (κ1) is 29.9. The minimum Gasteiger partial charge on any atom is -0.397 e. The number of imidazole rings is 2. The molecule has 8 heterocycles. The molecule has 0 amide bonds. The van der Waals surface area contributed by atoms with Crippen molar-refractivity contribution in [1.82, 2.24) is 34.1 Å². The number of aromatic nitrogens is 7. The van der Waals surface area contributed by atoms with Crippen molar-refractivity contribution in [3.05, 3.63) is 35.3 Å². The highest BCUT2D eigenvalue weighted by Crippen LogP contribution is 2.58. The van der Waals surface area contributed by atoms with Gasteiger partial charge in [-0.15, -0.1) is 0 Å². The van der Waals surface area contributed by atoms with E-state index in [-0.39, 0.29) is 43.4 Å². The summed E-state index contributed by atoms with van der Waals surface area (Å²) < 4.78 is 45.4. The molecule has 23 heteroatoms. The van der Waals surface area contributed by atoms with Gasteiger partial charge in [-0.05, 0) is 29.7 Å². The van der Waals surface area contributed by atoms with Gasteiger partial charge in [-0.1, -0.05) is 0 Å². The van der Waals surface area contributed by atoms with E-state index in [0.29, 0.717) is 16.9 Å². The van der Waals surface area contributed by atoms with Crippen LogP contribution >= 0.6 is 13.4 Å². The first-order valence-corrected chi connectivity index (χ1v) is 18.7. The minimum absolute atomic E-state index is 0.0111. The van der Waals surface area contributed by atoms with Crippen molar-refractivity contribution >= 4 is 71.0 Å². The molecule has 4 saturated heterocycles. The molecule has 0 aliphatic carbocycles. The Labute approximate surface area is 262 Å². The first-order valence-electron chi connectivity index (χ1n) is 13.5. The fraction of sp³-hybridized carbons (Fsp3) is 0.500. The van der Waals surface area contributed by atoms with Crippen LogP contribution in [0.15, 0.2) is 29.7 Å². The zero-order valence-electron chi connectivity index (χ0n) is 22.8. The maximum Gasteiger partial charge on any atom is 0.325 e. The molecule has 4 bridgehead atoms. The minimum atomic E-state index is -4.01. The van der Waals surface area contributed by atoms with E-state index in [1.165, 1.54) is 23.4 Å². The van der Waals surface area contributed by atoms with Gasteiger partial charge in [0, 0.05) is 12.6 Å². The average Bonchev–Trinajstić information content (AvgIpc) is 3.79. The number of fused-ring (bicyclic) bond motifs is 4. The Morgan fingerprint density at radius 3 is 2.58 bits per heavy atom. The number of nitrogens with zero attached hydrogens (tertiary/aromatic N) is 6. The van der Waals surface area contributed by atoms with Gasteiger partial charge < -0.3 is 49.0 Å². The van der Waals surface area contributed by atoms with E-state index >= 15 is 0 Å². The van der Waals surface area contributed by atoms with Crippen LogP contribution in [0.25, 0.3) is 22.3 Å². The molecular formula is C22H25N9O10P2S2. The molecule has 0 radical (unpaired) electrons. The van der Waals surface area contributed by atoms with Gasteiger partial charge in [-0.25, -0.2) is 15.0 Å². The number of aromatic amines is 1. The van der Waals surface area contributed by atoms with Crippen molar-refractivity contribution in [2.45, 2.75) is 48.9 Å². The Morgan fingerprint density at radius 2 is 1.76 bits per heavy atom. The molecule has 0 aromatic carbocycles. The van der Waals surface area contributed by atoms with E-state index in [0.717, 1.165) is 0 Å². The van der Waals surface area contributed by atoms with Gasteiger partial charge in [-0.2, -0.15) is 4.98 Å². The van der Waals surface area contributed by atoms with E-state index in [1.807, 2.05) is 0 Å². The number of nitrogen functional groups attached to an aromatic ring is 2. The van der Waals surface area contributed by atoms with E-state index in [9.17, 15) is 14.6 Å². The van der Waals surface area contributed by atoms with Gasteiger partial charge in [0.2, 0.25) is 5.95 Å². The highest BCUT2D eigenvalue weighted by Gasteiger charge is 2.65. The lowest BCUT2D eigenvalue weighted by atomic mass is 10.0. The molecule has 4 fully saturated rings. The van der Waals surface area contributed by atoms with Crippen LogP contribution in [0.1, 0.15) is 18.9 Å². The highest BCUT2D eigenvalue weighted by molar-refractivity contribution is 8.07. The van der Waals surface area contributed by atoms with Crippen molar-refractivity contribution in [3.8, 4) is 0 Å². The zero-order chi connectivity index (χ0) is 31.3. The summed E-state index contributed by atoms with van der Waals surface area (Å²) in [5, 5.41) is 0. The Kier molecular flexibility index (Phi) is 6.98. The molecule has 4 aliphatic rings. The van der Waals surface area contributed by atoms with E-state index in [4.69, 9.17) is 67.4 Å². The molecule has 0 saturated carbocycles. The Bertz CT molecular complexity index is 1990. The van der Waals surface area contributed by atoms with E-state index in [1.54, 1.807) is 10.6 Å². The maximum absolute atomic E-state index is 12.4. The molecule has 4 aromatic heterocycles. The van der Waals surface area contributed by atoms with Crippen molar-refractivity contribution in [1.29, 1.82) is 0 Å². The summed E-state index contributed by atoms with van der Waals surface area (Å²) in [5.41, 5.74) is 11.3. The molecule has 8 rings (SSSR count). The van der Waals surface area contributed by atoms with Crippen LogP contribution in [0, 0.1) is 0 Å². The second-order valence-electron chi connectivity index (χ2n) is 10.9. The molecule has 7 N–H and O–H groups in total. The molecule has 0 spiro atoms. The number of nitrogens with two attached hydrogens (primary N) is 2. The highest BCUT2D eigenvalue weighted by atomic mass is 32.5. The quantitative estimate of drug-likeness (QED) is 0.172. The lowest BCUT2D eigenvalue weighted by Gasteiger charge is -2.33. The summed E-state index contributed by atoms with van der Waals surface area (Å²) in [7, 11) is 0. The normalized spacial score (nSPS) is 38.6. The number of pyridine rings is 1. The summed E-state index contributed by atoms with van der Waals surface area (Å²) in [6.07, 6.45) is -0.837. The predicted molar refractivity (Wildman–Crippen MR) is 160 cm³/mol. The monoisotopic (exact) mass is 701 g/mol. The number of hydrogen-bond acceptors (Lipinski definition) is 16. The van der Waals surface area contributed by atoms with Crippen molar-refractivity contribution < 1.29 is 42.1 Å². The Balaban J connectivity index is 1.12. The molecule has 19 nitrogen and oxygen atoms in total. The number of anilines is 2. The van der Waals surface area contributed by atoms with E-state index in [2.05, 4.69) is 24.9 Å². The first-order chi connectivity index (χ1) is 21.4.